The molecule has 7 unspecified atom stereocenters. The normalized spacial score (nSPS) is 36.5. The van der Waals surface area contributed by atoms with Gasteiger partial charge in [-0.3, -0.25) is 4.79 Å². The van der Waals surface area contributed by atoms with Crippen molar-refractivity contribution in [2.24, 2.45) is 11.8 Å². The van der Waals surface area contributed by atoms with E-state index in [1.807, 2.05) is 0 Å². The fourth-order valence-corrected chi connectivity index (χ4v) is 6.74. The number of phenolic OH excluding ortho intramolecular Hbond substituents is 1. The van der Waals surface area contributed by atoms with Crippen LogP contribution in [0.15, 0.2) is 24.3 Å². The Kier molecular flexibility index (Phi) is 6.83. The van der Waals surface area contributed by atoms with Gasteiger partial charge in [0.1, 0.15) is 24.4 Å². The van der Waals surface area contributed by atoms with Gasteiger partial charge in [-0.25, -0.2) is 0 Å². The van der Waals surface area contributed by atoms with Crippen molar-refractivity contribution in [2.75, 3.05) is 34.2 Å². The van der Waals surface area contributed by atoms with Crippen LogP contribution in [0.2, 0.25) is 0 Å². The molecule has 7 rings (SSSR count). The molecule has 0 bridgehead atoms. The van der Waals surface area contributed by atoms with E-state index in [1.54, 1.807) is 31.2 Å². The number of esters is 1. The van der Waals surface area contributed by atoms with Crippen LogP contribution in [-0.2, 0) is 28.5 Å². The molecular weight excluding hydrogens is 556 g/mol. The average molecular weight is 589 g/mol. The van der Waals surface area contributed by atoms with E-state index in [9.17, 15) is 20.1 Å². The summed E-state index contributed by atoms with van der Waals surface area (Å²) < 4.78 is 51.5. The molecule has 42 heavy (non-hydrogen) atoms. The average Bonchev–Trinajstić information content (AvgIpc) is 3.61. The first-order valence-corrected chi connectivity index (χ1v) is 13.8. The summed E-state index contributed by atoms with van der Waals surface area (Å²) in [6.07, 6.45) is -6.80. The molecule has 5 aliphatic rings. The van der Waals surface area contributed by atoms with Crippen LogP contribution in [0.25, 0.3) is 0 Å². The zero-order chi connectivity index (χ0) is 29.3. The van der Waals surface area contributed by atoms with Crippen molar-refractivity contribution in [3.63, 3.8) is 0 Å². The number of rotatable bonds is 5. The molecule has 1 aliphatic carbocycles. The lowest BCUT2D eigenvalue weighted by molar-refractivity contribution is -0.364. The number of carbonyl (C=O) groups excluding carboxylic acids is 1. The predicted molar refractivity (Wildman–Crippen MR) is 138 cm³/mol. The largest absolute Gasteiger partial charge is 0.502 e. The number of phenols is 1. The van der Waals surface area contributed by atoms with Crippen LogP contribution >= 0.6 is 0 Å². The molecule has 226 valence electrons. The lowest BCUT2D eigenvalue weighted by Crippen LogP contribution is -2.63. The fraction of sp³-hybridized carbons (Fsp3) is 0.552. The first kappa shape index (κ1) is 27.5. The monoisotopic (exact) mass is 588 g/mol. The van der Waals surface area contributed by atoms with Crippen LogP contribution in [0.5, 0.6) is 28.7 Å². The quantitative estimate of drug-likeness (QED) is 0.430. The van der Waals surface area contributed by atoms with Crippen molar-refractivity contribution in [2.45, 2.75) is 55.9 Å². The maximum absolute atomic E-state index is 13.4. The van der Waals surface area contributed by atoms with E-state index in [0.29, 0.717) is 28.2 Å². The van der Waals surface area contributed by atoms with E-state index in [0.717, 1.165) is 0 Å². The van der Waals surface area contributed by atoms with Gasteiger partial charge in [0, 0.05) is 11.8 Å². The second-order valence-electron chi connectivity index (χ2n) is 11.0. The van der Waals surface area contributed by atoms with E-state index in [2.05, 4.69) is 0 Å². The van der Waals surface area contributed by atoms with Crippen LogP contribution in [0.1, 0.15) is 35.6 Å². The maximum Gasteiger partial charge on any atom is 0.310 e. The zero-order valence-corrected chi connectivity index (χ0v) is 23.1. The Bertz CT molecular complexity index is 1350. The highest BCUT2D eigenvalue weighted by Gasteiger charge is 2.56. The number of cyclic esters (lactones) is 1. The summed E-state index contributed by atoms with van der Waals surface area (Å²) in [5.74, 6) is -1.02. The number of aliphatic hydroxyl groups is 2. The van der Waals surface area contributed by atoms with Crippen molar-refractivity contribution >= 4 is 5.97 Å². The van der Waals surface area contributed by atoms with E-state index in [4.69, 9.17) is 42.6 Å². The Labute approximate surface area is 240 Å². The molecule has 0 amide bonds. The highest BCUT2D eigenvalue weighted by atomic mass is 16.8. The minimum absolute atomic E-state index is 0.0301. The van der Waals surface area contributed by atoms with Crippen LogP contribution in [-0.4, -0.2) is 92.5 Å². The lowest BCUT2D eigenvalue weighted by atomic mass is 9.66. The van der Waals surface area contributed by atoms with Crippen LogP contribution in [0.4, 0.5) is 0 Å². The number of aromatic hydroxyl groups is 1. The number of ether oxygens (including phenoxy) is 9. The van der Waals surface area contributed by atoms with E-state index in [1.165, 1.54) is 14.2 Å². The number of aliphatic hydroxyl groups excluding tert-OH is 2. The number of fused-ring (bicyclic) bond motifs is 4. The van der Waals surface area contributed by atoms with Gasteiger partial charge in [0.05, 0.1) is 39.5 Å². The summed E-state index contributed by atoms with van der Waals surface area (Å²) in [6, 6.07) is 6.93. The molecule has 2 aromatic rings. The van der Waals surface area contributed by atoms with Crippen molar-refractivity contribution in [3.05, 3.63) is 41.0 Å². The highest BCUT2D eigenvalue weighted by molar-refractivity contribution is 5.79. The van der Waals surface area contributed by atoms with E-state index in [-0.39, 0.29) is 37.3 Å². The number of methoxy groups -OCH3 is 2. The lowest BCUT2D eigenvalue weighted by Gasteiger charge is -2.47. The minimum atomic E-state index is -1.44. The zero-order valence-electron chi connectivity index (χ0n) is 23.1. The van der Waals surface area contributed by atoms with Crippen molar-refractivity contribution < 1.29 is 62.7 Å². The third kappa shape index (κ3) is 4.26. The number of benzene rings is 2. The second-order valence-corrected chi connectivity index (χ2v) is 11.0. The van der Waals surface area contributed by atoms with Gasteiger partial charge < -0.3 is 58.0 Å². The molecule has 0 radical (unpaired) electrons. The summed E-state index contributed by atoms with van der Waals surface area (Å²) in [5, 5.41) is 32.5. The van der Waals surface area contributed by atoms with Crippen LogP contribution in [0.3, 0.4) is 0 Å². The standard InChI is InChI=1S/C29H32O13/c1-11-36-9-20-27(40-11)24(31)25(32)29(41-20)42-26-14-7-17-16(38-10-39-17)6-13(14)21(22-15(26)8-37-28(22)33)12-4-18(34-2)23(30)19(5-12)35-3/h4-7,11,15,20-22,24-27,29-32H,8-10H2,1-3H3/t11?,15?,20?,21-,22+,24?,25?,26-,27?,29?/m1/s1. The van der Waals surface area contributed by atoms with E-state index < -0.39 is 66.8 Å². The van der Waals surface area contributed by atoms with Gasteiger partial charge in [-0.1, -0.05) is 0 Å². The van der Waals surface area contributed by atoms with Crippen LogP contribution < -0.4 is 18.9 Å². The molecule has 0 saturated carbocycles. The van der Waals surface area contributed by atoms with E-state index >= 15 is 0 Å². The number of hydrogen-bond acceptors (Lipinski definition) is 13. The Hall–Kier alpha value is -3.33. The third-order valence-electron chi connectivity index (χ3n) is 8.75. The van der Waals surface area contributed by atoms with Crippen molar-refractivity contribution in [1.29, 1.82) is 0 Å². The maximum atomic E-state index is 13.4. The van der Waals surface area contributed by atoms with Gasteiger partial charge in [0.2, 0.25) is 12.5 Å². The van der Waals surface area contributed by atoms with Gasteiger partial charge in [0.15, 0.2) is 35.6 Å². The molecule has 0 spiro atoms. The Balaban J connectivity index is 1.32. The molecule has 4 heterocycles. The molecule has 3 saturated heterocycles. The molecule has 2 aromatic carbocycles. The van der Waals surface area contributed by atoms with Gasteiger partial charge >= 0.3 is 5.97 Å². The predicted octanol–water partition coefficient (Wildman–Crippen LogP) is 1.34. The summed E-state index contributed by atoms with van der Waals surface area (Å²) in [7, 11) is 2.86. The van der Waals surface area contributed by atoms with Crippen LogP contribution in [0, 0.1) is 11.8 Å². The molecule has 3 fully saturated rings. The molecule has 13 nitrogen and oxygen atoms in total. The number of carbonyl (C=O) groups is 1. The van der Waals surface area contributed by atoms with Gasteiger partial charge in [-0.15, -0.1) is 0 Å². The van der Waals surface area contributed by atoms with Crippen molar-refractivity contribution in [1.82, 2.24) is 0 Å². The molecular formula is C29H32O13. The molecule has 13 heteroatoms. The van der Waals surface area contributed by atoms with Gasteiger partial charge in [0.25, 0.3) is 0 Å². The Morgan fingerprint density at radius 1 is 0.881 bits per heavy atom. The summed E-state index contributed by atoms with van der Waals surface area (Å²) in [6.45, 7) is 1.93. The van der Waals surface area contributed by atoms with Crippen molar-refractivity contribution in [3.8, 4) is 28.7 Å². The smallest absolute Gasteiger partial charge is 0.310 e. The first-order valence-electron chi connectivity index (χ1n) is 13.8. The highest BCUT2D eigenvalue weighted by Crippen LogP contribution is 2.57. The molecule has 0 aromatic heterocycles. The second kappa shape index (κ2) is 10.4. The van der Waals surface area contributed by atoms with Gasteiger partial charge in [-0.05, 0) is 47.9 Å². The third-order valence-corrected chi connectivity index (χ3v) is 8.75. The topological polar surface area (TPSA) is 161 Å². The summed E-state index contributed by atoms with van der Waals surface area (Å²) in [5.41, 5.74) is 2.01. The Morgan fingerprint density at radius 2 is 1.57 bits per heavy atom. The Morgan fingerprint density at radius 3 is 2.26 bits per heavy atom. The minimum Gasteiger partial charge on any atom is -0.502 e. The summed E-state index contributed by atoms with van der Waals surface area (Å²) in [4.78, 5) is 13.4. The molecule has 4 aliphatic heterocycles. The molecule has 10 atom stereocenters. The number of hydrogen-bond donors (Lipinski definition) is 3. The van der Waals surface area contributed by atoms with Gasteiger partial charge in [-0.2, -0.15) is 0 Å². The molecule has 3 N–H and O–H groups in total. The summed E-state index contributed by atoms with van der Waals surface area (Å²) >= 11 is 0. The first-order chi connectivity index (χ1) is 20.3. The SMILES string of the molecule is COc1cc([C@@H]2c3cc4c(cc3[C@@H](OC3OC5COC(C)OC5C(O)C3O)C3COC(=O)[C@@H]32)OCO4)cc(OC)c1O. The fourth-order valence-electron chi connectivity index (χ4n) is 6.74.